The first-order valence-electron chi connectivity index (χ1n) is 6.29. The summed E-state index contributed by atoms with van der Waals surface area (Å²) in [5, 5.41) is 6.75. The van der Waals surface area contributed by atoms with Gasteiger partial charge in [0.2, 0.25) is 0 Å². The van der Waals surface area contributed by atoms with E-state index in [0.717, 1.165) is 18.3 Å². The number of ether oxygens (including phenoxy) is 1. The summed E-state index contributed by atoms with van der Waals surface area (Å²) in [5.41, 5.74) is 2.89. The van der Waals surface area contributed by atoms with Crippen molar-refractivity contribution in [2.75, 3.05) is 12.4 Å². The minimum atomic E-state index is -0.700. The van der Waals surface area contributed by atoms with Gasteiger partial charge in [-0.1, -0.05) is 18.2 Å². The first kappa shape index (κ1) is 15.8. The highest BCUT2D eigenvalue weighted by Gasteiger charge is 2.06. The third-order valence-corrected chi connectivity index (χ3v) is 2.91. The summed E-state index contributed by atoms with van der Waals surface area (Å²) in [6, 6.07) is 10.7. The molecule has 0 atom stereocenters. The molecule has 22 heavy (non-hydrogen) atoms. The first-order valence-corrected chi connectivity index (χ1v) is 6.69. The lowest BCUT2D eigenvalue weighted by Gasteiger charge is -2.10. The van der Waals surface area contributed by atoms with Crippen molar-refractivity contribution in [3.8, 4) is 5.75 Å². The molecular formula is C15H13F2N3OS. The predicted molar refractivity (Wildman–Crippen MR) is 86.3 cm³/mol. The van der Waals surface area contributed by atoms with Gasteiger partial charge < -0.3 is 10.1 Å². The topological polar surface area (TPSA) is 45.6 Å². The molecule has 2 aromatic carbocycles. The minimum absolute atomic E-state index is 0.164. The molecule has 4 nitrogen and oxygen atoms in total. The van der Waals surface area contributed by atoms with E-state index in [4.69, 9.17) is 17.0 Å². The molecule has 2 aromatic rings. The Hall–Kier alpha value is -2.54. The maximum absolute atomic E-state index is 13.4. The van der Waals surface area contributed by atoms with Crippen LogP contribution in [-0.4, -0.2) is 18.4 Å². The normalized spacial score (nSPS) is 10.5. The Morgan fingerprint density at radius 2 is 1.82 bits per heavy atom. The molecule has 0 fully saturated rings. The number of hydrogen-bond acceptors (Lipinski definition) is 3. The van der Waals surface area contributed by atoms with Crippen molar-refractivity contribution in [1.29, 1.82) is 0 Å². The van der Waals surface area contributed by atoms with Gasteiger partial charge in [-0.25, -0.2) is 8.78 Å². The van der Waals surface area contributed by atoms with Gasteiger partial charge in [0, 0.05) is 0 Å². The maximum atomic E-state index is 13.4. The standard InChI is InChI=1S/C15H13F2N3OS/c1-21-14-8-3-2-7-13(14)19-15(22)20-18-9-10-11(16)5-4-6-12(10)17/h2-9H,1H3,(H2,19,20,22)/b18-9-. The third kappa shape index (κ3) is 3.98. The van der Waals surface area contributed by atoms with E-state index in [9.17, 15) is 8.78 Å². The fraction of sp³-hybridized carbons (Fsp3) is 0.0667. The third-order valence-electron chi connectivity index (χ3n) is 2.71. The van der Waals surface area contributed by atoms with E-state index in [0.29, 0.717) is 11.4 Å². The average Bonchev–Trinajstić information content (AvgIpc) is 2.51. The molecule has 0 heterocycles. The van der Waals surface area contributed by atoms with Crippen molar-refractivity contribution in [3.05, 3.63) is 59.7 Å². The Kier molecular flexibility index (Phi) is 5.37. The van der Waals surface area contributed by atoms with Crippen LogP contribution in [0.5, 0.6) is 5.75 Å². The summed E-state index contributed by atoms with van der Waals surface area (Å²) in [7, 11) is 1.54. The van der Waals surface area contributed by atoms with Crippen molar-refractivity contribution < 1.29 is 13.5 Å². The number of anilines is 1. The van der Waals surface area contributed by atoms with Crippen molar-refractivity contribution in [2.24, 2.45) is 5.10 Å². The van der Waals surface area contributed by atoms with Gasteiger partial charge >= 0.3 is 0 Å². The van der Waals surface area contributed by atoms with E-state index < -0.39 is 11.6 Å². The molecule has 0 amide bonds. The van der Waals surface area contributed by atoms with Gasteiger partial charge in [-0.2, -0.15) is 5.10 Å². The Balaban J connectivity index is 2.00. The van der Waals surface area contributed by atoms with Gasteiger partial charge in [-0.15, -0.1) is 0 Å². The molecule has 0 unspecified atom stereocenters. The molecule has 0 aliphatic heterocycles. The van der Waals surface area contributed by atoms with Crippen LogP contribution < -0.4 is 15.5 Å². The number of thiocarbonyl (C=S) groups is 1. The molecule has 2 rings (SSSR count). The van der Waals surface area contributed by atoms with Crippen LogP contribution in [0.15, 0.2) is 47.6 Å². The second-order valence-corrected chi connectivity index (χ2v) is 4.57. The van der Waals surface area contributed by atoms with Crippen LogP contribution >= 0.6 is 12.2 Å². The number of hydrogen-bond donors (Lipinski definition) is 2. The quantitative estimate of drug-likeness (QED) is 0.515. The van der Waals surface area contributed by atoms with Crippen LogP contribution in [0.3, 0.4) is 0 Å². The lowest BCUT2D eigenvalue weighted by atomic mass is 10.2. The van der Waals surface area contributed by atoms with Crippen LogP contribution in [0.25, 0.3) is 0 Å². The van der Waals surface area contributed by atoms with Crippen LogP contribution in [0.4, 0.5) is 14.5 Å². The zero-order chi connectivity index (χ0) is 15.9. The van der Waals surface area contributed by atoms with Crippen molar-refractivity contribution in [3.63, 3.8) is 0 Å². The SMILES string of the molecule is COc1ccccc1NC(=S)N/N=C\c1c(F)cccc1F. The fourth-order valence-corrected chi connectivity index (χ4v) is 1.85. The number of hydrazone groups is 1. The molecule has 2 N–H and O–H groups in total. The highest BCUT2D eigenvalue weighted by molar-refractivity contribution is 7.80. The number of methoxy groups -OCH3 is 1. The number of halogens is 2. The Morgan fingerprint density at radius 3 is 2.50 bits per heavy atom. The fourth-order valence-electron chi connectivity index (χ4n) is 1.69. The number of nitrogens with zero attached hydrogens (tertiary/aromatic N) is 1. The summed E-state index contributed by atoms with van der Waals surface area (Å²) in [6.45, 7) is 0. The van der Waals surface area contributed by atoms with E-state index in [1.807, 2.05) is 12.1 Å². The molecule has 114 valence electrons. The van der Waals surface area contributed by atoms with Crippen LogP contribution in [0.1, 0.15) is 5.56 Å². The Bertz CT molecular complexity index is 687. The number of nitrogens with one attached hydrogen (secondary N) is 2. The van der Waals surface area contributed by atoms with E-state index in [1.165, 1.54) is 13.2 Å². The van der Waals surface area contributed by atoms with E-state index in [1.54, 1.807) is 12.1 Å². The maximum Gasteiger partial charge on any atom is 0.191 e. The molecule has 0 saturated carbocycles. The van der Waals surface area contributed by atoms with E-state index in [-0.39, 0.29) is 10.7 Å². The molecule has 0 aromatic heterocycles. The molecule has 0 bridgehead atoms. The zero-order valence-electron chi connectivity index (χ0n) is 11.6. The van der Waals surface area contributed by atoms with Crippen molar-refractivity contribution in [2.45, 2.75) is 0 Å². The van der Waals surface area contributed by atoms with Gasteiger partial charge in [0.15, 0.2) is 5.11 Å². The summed E-state index contributed by atoms with van der Waals surface area (Å²) < 4.78 is 32.0. The van der Waals surface area contributed by atoms with Gasteiger partial charge in [0.05, 0.1) is 24.6 Å². The first-order chi connectivity index (χ1) is 10.6. The summed E-state index contributed by atoms with van der Waals surface area (Å²) >= 11 is 5.05. The van der Waals surface area contributed by atoms with Crippen LogP contribution in [-0.2, 0) is 0 Å². The minimum Gasteiger partial charge on any atom is -0.495 e. The second kappa shape index (κ2) is 7.46. The predicted octanol–water partition coefficient (Wildman–Crippen LogP) is 3.29. The van der Waals surface area contributed by atoms with E-state index >= 15 is 0 Å². The largest absolute Gasteiger partial charge is 0.495 e. The molecular weight excluding hydrogens is 308 g/mol. The van der Waals surface area contributed by atoms with E-state index in [2.05, 4.69) is 15.8 Å². The number of benzene rings is 2. The summed E-state index contributed by atoms with van der Waals surface area (Å²) in [5.74, 6) is -0.793. The van der Waals surface area contributed by atoms with Crippen molar-refractivity contribution >= 4 is 29.2 Å². The monoisotopic (exact) mass is 321 g/mol. The number of rotatable bonds is 4. The lowest BCUT2D eigenvalue weighted by molar-refractivity contribution is 0.417. The number of para-hydroxylation sites is 2. The summed E-state index contributed by atoms with van der Waals surface area (Å²) in [4.78, 5) is 0. The van der Waals surface area contributed by atoms with Crippen molar-refractivity contribution in [1.82, 2.24) is 5.43 Å². The molecule has 0 saturated heterocycles. The highest BCUT2D eigenvalue weighted by Crippen LogP contribution is 2.22. The molecule has 0 radical (unpaired) electrons. The molecule has 0 aliphatic carbocycles. The molecule has 0 spiro atoms. The van der Waals surface area contributed by atoms with Gasteiger partial charge in [-0.05, 0) is 36.5 Å². The van der Waals surface area contributed by atoms with Crippen LogP contribution in [0.2, 0.25) is 0 Å². The Labute approximate surface area is 131 Å². The molecule has 7 heteroatoms. The Morgan fingerprint density at radius 1 is 1.14 bits per heavy atom. The van der Waals surface area contributed by atoms with Gasteiger partial charge in [0.1, 0.15) is 17.4 Å². The lowest BCUT2D eigenvalue weighted by Crippen LogP contribution is -2.24. The smallest absolute Gasteiger partial charge is 0.191 e. The average molecular weight is 321 g/mol. The van der Waals surface area contributed by atoms with Gasteiger partial charge in [-0.3, -0.25) is 5.43 Å². The second-order valence-electron chi connectivity index (χ2n) is 4.16. The van der Waals surface area contributed by atoms with Crippen LogP contribution in [0, 0.1) is 11.6 Å². The molecule has 0 aliphatic rings. The highest BCUT2D eigenvalue weighted by atomic mass is 32.1. The van der Waals surface area contributed by atoms with Gasteiger partial charge in [0.25, 0.3) is 0 Å². The zero-order valence-corrected chi connectivity index (χ0v) is 12.5. The summed E-state index contributed by atoms with van der Waals surface area (Å²) in [6.07, 6.45) is 1.03.